The van der Waals surface area contributed by atoms with Crippen LogP contribution >= 0.6 is 24.0 Å². The fourth-order valence-electron chi connectivity index (χ4n) is 2.69. The highest BCUT2D eigenvalue weighted by Crippen LogP contribution is 2.08. The summed E-state index contributed by atoms with van der Waals surface area (Å²) in [5.41, 5.74) is 6.97. The van der Waals surface area contributed by atoms with Gasteiger partial charge in [-0.25, -0.2) is 0 Å². The second-order valence-electron chi connectivity index (χ2n) is 6.37. The summed E-state index contributed by atoms with van der Waals surface area (Å²) in [6.07, 6.45) is 2.77. The Balaban J connectivity index is 0.00000288. The van der Waals surface area contributed by atoms with Gasteiger partial charge in [-0.3, -0.25) is 14.9 Å². The number of pyridine rings is 1. The molecule has 3 N–H and O–H groups in total. The average molecular weight is 447 g/mol. The summed E-state index contributed by atoms with van der Waals surface area (Å²) in [7, 11) is 0. The Bertz CT molecular complexity index is 483. The molecule has 0 amide bonds. The molecule has 1 fully saturated rings. The maximum atomic E-state index is 5.92. The van der Waals surface area contributed by atoms with Gasteiger partial charge in [-0.05, 0) is 18.1 Å². The smallest absolute Gasteiger partial charge is 0.188 e. The van der Waals surface area contributed by atoms with Crippen LogP contribution in [0, 0.1) is 5.92 Å². The molecule has 0 bridgehead atoms. The molecule has 1 atom stereocenters. The second-order valence-corrected chi connectivity index (χ2v) is 6.37. The first-order valence-electron chi connectivity index (χ1n) is 8.41. The lowest BCUT2D eigenvalue weighted by Gasteiger charge is -2.33. The summed E-state index contributed by atoms with van der Waals surface area (Å²) >= 11 is 0. The quantitative estimate of drug-likeness (QED) is 0.377. The summed E-state index contributed by atoms with van der Waals surface area (Å²) in [6.45, 7) is 9.66. The fraction of sp³-hybridized carbons (Fsp3) is 0.647. The summed E-state index contributed by atoms with van der Waals surface area (Å²) in [5, 5.41) is 3.13. The van der Waals surface area contributed by atoms with Crippen LogP contribution in [0.2, 0.25) is 0 Å². The van der Waals surface area contributed by atoms with Gasteiger partial charge in [-0.1, -0.05) is 19.9 Å². The Morgan fingerprint density at radius 2 is 2.33 bits per heavy atom. The monoisotopic (exact) mass is 447 g/mol. The molecule has 1 aromatic rings. The number of halogens is 1. The van der Waals surface area contributed by atoms with Crippen molar-refractivity contribution < 1.29 is 4.74 Å². The molecule has 1 unspecified atom stereocenters. The molecule has 1 aliphatic rings. The number of nitrogens with one attached hydrogen (secondary N) is 1. The average Bonchev–Trinajstić information content (AvgIpc) is 2.54. The van der Waals surface area contributed by atoms with Crippen LogP contribution in [-0.4, -0.2) is 61.3 Å². The molecule has 1 aromatic heterocycles. The third-order valence-corrected chi connectivity index (χ3v) is 3.72. The third-order valence-electron chi connectivity index (χ3n) is 3.72. The van der Waals surface area contributed by atoms with Crippen LogP contribution in [0.3, 0.4) is 0 Å². The minimum atomic E-state index is 0. The van der Waals surface area contributed by atoms with E-state index in [1.54, 1.807) is 6.20 Å². The lowest BCUT2D eigenvalue weighted by atomic mass is 10.2. The van der Waals surface area contributed by atoms with Gasteiger partial charge in [0.15, 0.2) is 5.96 Å². The number of hydrogen-bond donors (Lipinski definition) is 2. The van der Waals surface area contributed by atoms with E-state index in [1.165, 1.54) is 0 Å². The topological polar surface area (TPSA) is 75.8 Å². The van der Waals surface area contributed by atoms with Crippen molar-refractivity contribution in [2.24, 2.45) is 16.6 Å². The standard InChI is InChI=1S/C17H29N5O.HI/c1-14(2)12-22-9-10-23-16(13-22)11-21-17(18)20-8-6-15-5-3-4-7-19-15;/h3-5,7,14,16H,6,8-13H2,1-2H3,(H3,18,20,21);1H. The number of nitrogens with zero attached hydrogens (tertiary/aromatic N) is 3. The number of aliphatic imine (C=N–C) groups is 1. The van der Waals surface area contributed by atoms with Gasteiger partial charge >= 0.3 is 0 Å². The molecule has 2 heterocycles. The molecule has 2 rings (SSSR count). The Morgan fingerprint density at radius 1 is 1.50 bits per heavy atom. The minimum Gasteiger partial charge on any atom is -0.374 e. The van der Waals surface area contributed by atoms with Crippen LogP contribution in [0.15, 0.2) is 29.4 Å². The molecule has 6 nitrogen and oxygen atoms in total. The van der Waals surface area contributed by atoms with E-state index < -0.39 is 0 Å². The normalized spacial score (nSPS) is 19.1. The Hall–Kier alpha value is -0.930. The maximum absolute atomic E-state index is 5.92. The lowest BCUT2D eigenvalue weighted by molar-refractivity contribution is -0.0261. The van der Waals surface area contributed by atoms with E-state index in [1.807, 2.05) is 18.2 Å². The van der Waals surface area contributed by atoms with Gasteiger partial charge in [0.2, 0.25) is 0 Å². The molecule has 1 saturated heterocycles. The van der Waals surface area contributed by atoms with Gasteiger partial charge in [0, 0.05) is 44.5 Å². The van der Waals surface area contributed by atoms with Crippen LogP contribution in [0.25, 0.3) is 0 Å². The van der Waals surface area contributed by atoms with E-state index in [2.05, 4.69) is 34.0 Å². The first-order chi connectivity index (χ1) is 11.1. The number of ether oxygens (including phenoxy) is 1. The molecule has 24 heavy (non-hydrogen) atoms. The summed E-state index contributed by atoms with van der Waals surface area (Å²) in [6, 6.07) is 5.91. The number of nitrogens with two attached hydrogens (primary N) is 1. The van der Waals surface area contributed by atoms with Crippen LogP contribution in [-0.2, 0) is 11.2 Å². The second kappa shape index (κ2) is 11.6. The van der Waals surface area contributed by atoms with E-state index in [0.717, 1.165) is 44.9 Å². The first-order valence-corrected chi connectivity index (χ1v) is 8.41. The van der Waals surface area contributed by atoms with Crippen LogP contribution < -0.4 is 11.1 Å². The van der Waals surface area contributed by atoms with Gasteiger partial charge in [-0.2, -0.15) is 0 Å². The highest BCUT2D eigenvalue weighted by molar-refractivity contribution is 14.0. The Kier molecular flexibility index (Phi) is 10.2. The van der Waals surface area contributed by atoms with E-state index in [9.17, 15) is 0 Å². The molecule has 0 aromatic carbocycles. The van der Waals surface area contributed by atoms with E-state index in [-0.39, 0.29) is 30.1 Å². The zero-order chi connectivity index (χ0) is 16.5. The SMILES string of the molecule is CC(C)CN1CCOC(CN=C(N)NCCc2ccccn2)C1.I. The fourth-order valence-corrected chi connectivity index (χ4v) is 2.69. The van der Waals surface area contributed by atoms with Crippen molar-refractivity contribution in [2.45, 2.75) is 26.4 Å². The molecule has 0 saturated carbocycles. The summed E-state index contributed by atoms with van der Waals surface area (Å²) in [4.78, 5) is 11.1. The van der Waals surface area contributed by atoms with Crippen LogP contribution in [0.4, 0.5) is 0 Å². The Morgan fingerprint density at radius 3 is 3.04 bits per heavy atom. The number of aromatic nitrogens is 1. The number of rotatable bonds is 7. The van der Waals surface area contributed by atoms with Crippen LogP contribution in [0.1, 0.15) is 19.5 Å². The van der Waals surface area contributed by atoms with E-state index in [4.69, 9.17) is 10.5 Å². The Labute approximate surface area is 162 Å². The highest BCUT2D eigenvalue weighted by Gasteiger charge is 2.20. The number of morpholine rings is 1. The van der Waals surface area contributed by atoms with Gasteiger partial charge in [0.25, 0.3) is 0 Å². The van der Waals surface area contributed by atoms with Crippen molar-refractivity contribution in [1.29, 1.82) is 0 Å². The molecule has 136 valence electrons. The van der Waals surface area contributed by atoms with Crippen molar-refractivity contribution in [3.63, 3.8) is 0 Å². The minimum absolute atomic E-state index is 0. The zero-order valence-corrected chi connectivity index (χ0v) is 17.0. The summed E-state index contributed by atoms with van der Waals surface area (Å²) in [5.74, 6) is 1.15. The molecular formula is C17H30IN5O. The predicted octanol–water partition coefficient (Wildman–Crippen LogP) is 1.50. The molecule has 0 spiro atoms. The van der Waals surface area contributed by atoms with E-state index >= 15 is 0 Å². The number of guanidine groups is 1. The largest absolute Gasteiger partial charge is 0.374 e. The highest BCUT2D eigenvalue weighted by atomic mass is 127. The van der Waals surface area contributed by atoms with Gasteiger partial charge in [-0.15, -0.1) is 24.0 Å². The zero-order valence-electron chi connectivity index (χ0n) is 14.6. The third kappa shape index (κ3) is 8.25. The van der Waals surface area contributed by atoms with Crippen molar-refractivity contribution in [3.8, 4) is 0 Å². The first kappa shape index (κ1) is 21.1. The molecule has 0 aliphatic carbocycles. The molecule has 1 aliphatic heterocycles. The maximum Gasteiger partial charge on any atom is 0.188 e. The van der Waals surface area contributed by atoms with E-state index in [0.29, 0.717) is 18.4 Å². The van der Waals surface area contributed by atoms with Crippen molar-refractivity contribution >= 4 is 29.9 Å². The molecule has 0 radical (unpaired) electrons. The number of hydrogen-bond acceptors (Lipinski definition) is 4. The summed E-state index contributed by atoms with van der Waals surface area (Å²) < 4.78 is 5.77. The molecule has 7 heteroatoms. The van der Waals surface area contributed by atoms with Gasteiger partial charge in [0.05, 0.1) is 19.3 Å². The van der Waals surface area contributed by atoms with Crippen molar-refractivity contribution in [1.82, 2.24) is 15.2 Å². The lowest BCUT2D eigenvalue weighted by Crippen LogP contribution is -2.45. The van der Waals surface area contributed by atoms with Gasteiger partial charge in [0.1, 0.15) is 0 Å². The predicted molar refractivity (Wildman–Crippen MR) is 109 cm³/mol. The van der Waals surface area contributed by atoms with Crippen molar-refractivity contribution in [3.05, 3.63) is 30.1 Å². The van der Waals surface area contributed by atoms with Crippen molar-refractivity contribution in [2.75, 3.05) is 39.3 Å². The van der Waals surface area contributed by atoms with Crippen LogP contribution in [0.5, 0.6) is 0 Å². The van der Waals surface area contributed by atoms with Gasteiger partial charge < -0.3 is 15.8 Å². The molecular weight excluding hydrogens is 417 g/mol.